The second-order valence-corrected chi connectivity index (χ2v) is 4.23. The van der Waals surface area contributed by atoms with E-state index in [2.05, 4.69) is 19.2 Å². The zero-order valence-electron chi connectivity index (χ0n) is 9.58. The maximum atomic E-state index is 5.64. The maximum Gasteiger partial charge on any atom is 0.0625 e. The molecule has 1 atom stereocenters. The van der Waals surface area contributed by atoms with Gasteiger partial charge in [-0.15, -0.1) is 0 Å². The molecule has 1 heterocycles. The SMILES string of the molecule is CNC(COC(C)C)C1CCOCC1. The first kappa shape index (κ1) is 12.0. The van der Waals surface area contributed by atoms with E-state index in [4.69, 9.17) is 9.47 Å². The van der Waals surface area contributed by atoms with Crippen molar-refractivity contribution in [1.82, 2.24) is 5.32 Å². The molecule has 1 saturated heterocycles. The number of hydrogen-bond donors (Lipinski definition) is 1. The minimum absolute atomic E-state index is 0.325. The molecule has 0 aromatic carbocycles. The largest absolute Gasteiger partial charge is 0.381 e. The molecule has 0 saturated carbocycles. The van der Waals surface area contributed by atoms with Crippen molar-refractivity contribution < 1.29 is 9.47 Å². The van der Waals surface area contributed by atoms with Crippen LogP contribution in [0.1, 0.15) is 26.7 Å². The highest BCUT2D eigenvalue weighted by molar-refractivity contribution is 4.77. The zero-order valence-corrected chi connectivity index (χ0v) is 9.58. The van der Waals surface area contributed by atoms with Crippen molar-refractivity contribution >= 4 is 0 Å². The molecule has 14 heavy (non-hydrogen) atoms. The molecule has 1 N–H and O–H groups in total. The fourth-order valence-electron chi connectivity index (χ4n) is 1.87. The third-order valence-electron chi connectivity index (χ3n) is 2.81. The Kier molecular flexibility index (Phi) is 5.45. The summed E-state index contributed by atoms with van der Waals surface area (Å²) in [4.78, 5) is 0. The molecule has 84 valence electrons. The zero-order chi connectivity index (χ0) is 10.4. The monoisotopic (exact) mass is 201 g/mol. The van der Waals surface area contributed by atoms with Crippen LogP contribution in [0.25, 0.3) is 0 Å². The highest BCUT2D eigenvalue weighted by atomic mass is 16.5. The van der Waals surface area contributed by atoms with E-state index in [0.717, 1.165) is 32.7 Å². The van der Waals surface area contributed by atoms with Gasteiger partial charge in [-0.2, -0.15) is 0 Å². The van der Waals surface area contributed by atoms with Crippen LogP contribution in [0.4, 0.5) is 0 Å². The highest BCUT2D eigenvalue weighted by Crippen LogP contribution is 2.19. The van der Waals surface area contributed by atoms with Crippen molar-refractivity contribution in [2.24, 2.45) is 5.92 Å². The molecule has 1 rings (SSSR count). The van der Waals surface area contributed by atoms with Crippen LogP contribution in [-0.4, -0.2) is 39.0 Å². The molecular formula is C11H23NO2. The van der Waals surface area contributed by atoms with Crippen LogP contribution in [0.5, 0.6) is 0 Å². The highest BCUT2D eigenvalue weighted by Gasteiger charge is 2.22. The third-order valence-corrected chi connectivity index (χ3v) is 2.81. The van der Waals surface area contributed by atoms with E-state index in [-0.39, 0.29) is 0 Å². The van der Waals surface area contributed by atoms with Crippen LogP contribution in [0.15, 0.2) is 0 Å². The van der Waals surface area contributed by atoms with Crippen LogP contribution in [0.2, 0.25) is 0 Å². The lowest BCUT2D eigenvalue weighted by Crippen LogP contribution is -2.41. The van der Waals surface area contributed by atoms with Crippen LogP contribution < -0.4 is 5.32 Å². The van der Waals surface area contributed by atoms with Gasteiger partial charge in [0.1, 0.15) is 0 Å². The Balaban J connectivity index is 2.28. The average Bonchev–Trinajstić information content (AvgIpc) is 2.20. The number of ether oxygens (including phenoxy) is 2. The summed E-state index contributed by atoms with van der Waals surface area (Å²) in [7, 11) is 2.02. The lowest BCUT2D eigenvalue weighted by molar-refractivity contribution is 0.0144. The predicted octanol–water partition coefficient (Wildman–Crippen LogP) is 1.43. The maximum absolute atomic E-state index is 5.64. The van der Waals surface area contributed by atoms with Gasteiger partial charge < -0.3 is 14.8 Å². The molecule has 1 aliphatic rings. The Morgan fingerprint density at radius 3 is 2.50 bits per heavy atom. The summed E-state index contributed by atoms with van der Waals surface area (Å²) < 4.78 is 11.0. The Labute approximate surface area is 87.2 Å². The normalized spacial score (nSPS) is 21.4. The van der Waals surface area contributed by atoms with Gasteiger partial charge in [0, 0.05) is 19.3 Å². The van der Waals surface area contributed by atoms with Gasteiger partial charge in [0.2, 0.25) is 0 Å². The molecule has 0 aliphatic carbocycles. The van der Waals surface area contributed by atoms with Crippen molar-refractivity contribution in [3.8, 4) is 0 Å². The third kappa shape index (κ3) is 3.95. The molecule has 3 nitrogen and oxygen atoms in total. The van der Waals surface area contributed by atoms with E-state index in [9.17, 15) is 0 Å². The summed E-state index contributed by atoms with van der Waals surface area (Å²) in [6.45, 7) is 6.79. The number of rotatable bonds is 5. The molecule has 0 amide bonds. The molecule has 3 heteroatoms. The molecule has 0 radical (unpaired) electrons. The summed E-state index contributed by atoms with van der Waals surface area (Å²) >= 11 is 0. The van der Waals surface area contributed by atoms with Gasteiger partial charge in [0.25, 0.3) is 0 Å². The van der Waals surface area contributed by atoms with Gasteiger partial charge >= 0.3 is 0 Å². The first-order valence-corrected chi connectivity index (χ1v) is 5.60. The van der Waals surface area contributed by atoms with Crippen molar-refractivity contribution in [2.75, 3.05) is 26.9 Å². The van der Waals surface area contributed by atoms with Gasteiger partial charge in [-0.25, -0.2) is 0 Å². The van der Waals surface area contributed by atoms with Crippen LogP contribution in [0.3, 0.4) is 0 Å². The Hall–Kier alpha value is -0.120. The molecule has 0 aromatic rings. The first-order chi connectivity index (χ1) is 6.74. The molecule has 0 spiro atoms. The van der Waals surface area contributed by atoms with Gasteiger partial charge in [0.05, 0.1) is 12.7 Å². The number of hydrogen-bond acceptors (Lipinski definition) is 3. The summed E-state index contributed by atoms with van der Waals surface area (Å²) in [5.41, 5.74) is 0. The van der Waals surface area contributed by atoms with Crippen molar-refractivity contribution in [3.63, 3.8) is 0 Å². The topological polar surface area (TPSA) is 30.5 Å². The van der Waals surface area contributed by atoms with E-state index >= 15 is 0 Å². The summed E-state index contributed by atoms with van der Waals surface area (Å²) in [5.74, 6) is 0.715. The van der Waals surface area contributed by atoms with Crippen molar-refractivity contribution in [2.45, 2.75) is 38.8 Å². The van der Waals surface area contributed by atoms with Crippen LogP contribution in [0, 0.1) is 5.92 Å². The molecule has 0 aromatic heterocycles. The van der Waals surface area contributed by atoms with E-state index in [1.54, 1.807) is 0 Å². The molecule has 0 bridgehead atoms. The Bertz CT molecular complexity index is 144. The lowest BCUT2D eigenvalue weighted by Gasteiger charge is -2.30. The van der Waals surface area contributed by atoms with Crippen molar-refractivity contribution in [1.29, 1.82) is 0 Å². The molecule has 1 unspecified atom stereocenters. The second kappa shape index (κ2) is 6.38. The van der Waals surface area contributed by atoms with E-state index in [1.165, 1.54) is 0 Å². The number of likely N-dealkylation sites (N-methyl/N-ethyl adjacent to an activating group) is 1. The standard InChI is InChI=1S/C11H23NO2/c1-9(2)14-8-11(12-3)10-4-6-13-7-5-10/h9-12H,4-8H2,1-3H3. The Morgan fingerprint density at radius 2 is 2.00 bits per heavy atom. The lowest BCUT2D eigenvalue weighted by atomic mass is 9.92. The average molecular weight is 201 g/mol. The summed E-state index contributed by atoms with van der Waals surface area (Å²) in [6, 6.07) is 0.487. The second-order valence-electron chi connectivity index (χ2n) is 4.23. The van der Waals surface area contributed by atoms with Crippen LogP contribution >= 0.6 is 0 Å². The van der Waals surface area contributed by atoms with Crippen molar-refractivity contribution in [3.05, 3.63) is 0 Å². The Morgan fingerprint density at radius 1 is 1.36 bits per heavy atom. The van der Waals surface area contributed by atoms with E-state index in [0.29, 0.717) is 18.1 Å². The minimum Gasteiger partial charge on any atom is -0.381 e. The fraction of sp³-hybridized carbons (Fsp3) is 1.00. The van der Waals surface area contributed by atoms with Crippen LogP contribution in [-0.2, 0) is 9.47 Å². The molecule has 1 aliphatic heterocycles. The first-order valence-electron chi connectivity index (χ1n) is 5.60. The van der Waals surface area contributed by atoms with Gasteiger partial charge in [0.15, 0.2) is 0 Å². The molecule has 1 fully saturated rings. The predicted molar refractivity (Wildman–Crippen MR) is 57.5 cm³/mol. The van der Waals surface area contributed by atoms with E-state index in [1.807, 2.05) is 7.05 Å². The van der Waals surface area contributed by atoms with Gasteiger partial charge in [-0.05, 0) is 39.7 Å². The van der Waals surface area contributed by atoms with E-state index < -0.39 is 0 Å². The smallest absolute Gasteiger partial charge is 0.0625 e. The number of nitrogens with one attached hydrogen (secondary N) is 1. The fourth-order valence-corrected chi connectivity index (χ4v) is 1.87. The van der Waals surface area contributed by atoms with Gasteiger partial charge in [-0.1, -0.05) is 0 Å². The molecular weight excluding hydrogens is 178 g/mol. The summed E-state index contributed by atoms with van der Waals surface area (Å²) in [6.07, 6.45) is 2.64. The minimum atomic E-state index is 0.325. The quantitative estimate of drug-likeness (QED) is 0.730. The van der Waals surface area contributed by atoms with Gasteiger partial charge in [-0.3, -0.25) is 0 Å². The summed E-state index contributed by atoms with van der Waals surface area (Å²) in [5, 5.41) is 3.35.